The number of thiophene rings is 1. The summed E-state index contributed by atoms with van der Waals surface area (Å²) in [6.45, 7) is 2.31. The van der Waals surface area contributed by atoms with Crippen LogP contribution in [0.15, 0.2) is 12.1 Å². The number of carbonyl (C=O) groups is 2. The maximum absolute atomic E-state index is 12.2. The lowest BCUT2D eigenvalue weighted by molar-refractivity contribution is -0.380. The molecule has 7 nitrogen and oxygen atoms in total. The number of likely N-dealkylation sites (tertiary alicyclic amines) is 1. The average molecular weight is 298 g/mol. The van der Waals surface area contributed by atoms with Crippen molar-refractivity contribution in [1.82, 2.24) is 4.90 Å². The Balaban J connectivity index is 2.15. The highest BCUT2D eigenvalue weighted by molar-refractivity contribution is 7.17. The van der Waals surface area contributed by atoms with E-state index in [1.165, 1.54) is 17.0 Å². The fourth-order valence-electron chi connectivity index (χ4n) is 2.36. The number of nitrogens with zero attached hydrogens (tertiary/aromatic N) is 2. The van der Waals surface area contributed by atoms with Gasteiger partial charge in [-0.15, -0.1) is 0 Å². The van der Waals surface area contributed by atoms with E-state index in [0.29, 0.717) is 19.4 Å². The molecule has 0 saturated carbocycles. The van der Waals surface area contributed by atoms with Crippen LogP contribution in [0.4, 0.5) is 5.00 Å². The van der Waals surface area contributed by atoms with E-state index in [1.54, 1.807) is 6.92 Å². The van der Waals surface area contributed by atoms with Crippen LogP contribution >= 0.6 is 11.3 Å². The van der Waals surface area contributed by atoms with Crippen LogP contribution in [0, 0.1) is 15.5 Å². The minimum Gasteiger partial charge on any atom is -0.481 e. The summed E-state index contributed by atoms with van der Waals surface area (Å²) in [6.07, 6.45) is 0.870. The third kappa shape index (κ3) is 2.38. The Morgan fingerprint density at radius 2 is 2.25 bits per heavy atom. The van der Waals surface area contributed by atoms with Crippen molar-refractivity contribution in [1.29, 1.82) is 0 Å². The molecule has 0 aliphatic carbocycles. The number of carboxylic acids is 1. The topological polar surface area (TPSA) is 101 Å². The van der Waals surface area contributed by atoms with Crippen LogP contribution in [0.3, 0.4) is 0 Å². The molecule has 20 heavy (non-hydrogen) atoms. The third-order valence-electron chi connectivity index (χ3n) is 3.75. The van der Waals surface area contributed by atoms with Crippen LogP contribution in [0.25, 0.3) is 0 Å². The van der Waals surface area contributed by atoms with Gasteiger partial charge < -0.3 is 10.0 Å². The number of nitro groups is 1. The predicted octanol–water partition coefficient (Wildman–Crippen LogP) is 1.98. The molecule has 0 spiro atoms. The second-order valence-corrected chi connectivity index (χ2v) is 5.87. The Bertz CT molecular complexity index is 570. The first-order chi connectivity index (χ1) is 9.39. The molecule has 1 N–H and O–H groups in total. The van der Waals surface area contributed by atoms with E-state index in [-0.39, 0.29) is 22.3 Å². The van der Waals surface area contributed by atoms with Crippen molar-refractivity contribution in [3.8, 4) is 0 Å². The zero-order valence-electron chi connectivity index (χ0n) is 10.9. The Labute approximate surface area is 119 Å². The van der Waals surface area contributed by atoms with Gasteiger partial charge in [-0.05, 0) is 18.9 Å². The van der Waals surface area contributed by atoms with Crippen LogP contribution in [0.5, 0.6) is 0 Å². The van der Waals surface area contributed by atoms with Crippen LogP contribution in [0.2, 0.25) is 0 Å². The number of carbonyl (C=O) groups excluding carboxylic acids is 1. The van der Waals surface area contributed by atoms with Gasteiger partial charge in [0.1, 0.15) is 0 Å². The van der Waals surface area contributed by atoms with Crippen molar-refractivity contribution in [3.63, 3.8) is 0 Å². The van der Waals surface area contributed by atoms with E-state index in [0.717, 1.165) is 11.3 Å². The summed E-state index contributed by atoms with van der Waals surface area (Å²) in [5.41, 5.74) is -0.890. The van der Waals surface area contributed by atoms with Crippen molar-refractivity contribution in [2.24, 2.45) is 5.41 Å². The normalized spacial score (nSPS) is 21.9. The zero-order chi connectivity index (χ0) is 14.9. The summed E-state index contributed by atoms with van der Waals surface area (Å²) >= 11 is 0.814. The lowest BCUT2D eigenvalue weighted by Crippen LogP contribution is -2.36. The highest BCUT2D eigenvalue weighted by Gasteiger charge is 2.45. The number of amides is 1. The highest BCUT2D eigenvalue weighted by atomic mass is 32.1. The molecule has 2 heterocycles. The van der Waals surface area contributed by atoms with E-state index >= 15 is 0 Å². The van der Waals surface area contributed by atoms with E-state index < -0.39 is 16.3 Å². The quantitative estimate of drug-likeness (QED) is 0.676. The van der Waals surface area contributed by atoms with Crippen molar-refractivity contribution in [3.05, 3.63) is 27.1 Å². The lowest BCUT2D eigenvalue weighted by Gasteiger charge is -2.22. The minimum atomic E-state index is -0.896. The van der Waals surface area contributed by atoms with E-state index in [4.69, 9.17) is 0 Å². The molecule has 0 aromatic carbocycles. The molecule has 1 unspecified atom stereocenters. The fourth-order valence-corrected chi connectivity index (χ4v) is 3.15. The van der Waals surface area contributed by atoms with Gasteiger partial charge in [0.25, 0.3) is 5.91 Å². The first-order valence-electron chi connectivity index (χ1n) is 6.16. The SMILES string of the molecule is CCC1(C(=O)O)CCN(C(=O)c2ccc([N+](=O)[O-])s2)C1. The molecule has 1 aromatic rings. The maximum Gasteiger partial charge on any atom is 0.324 e. The summed E-state index contributed by atoms with van der Waals surface area (Å²) < 4.78 is 0. The molecular formula is C12H14N2O5S. The van der Waals surface area contributed by atoms with Crippen molar-refractivity contribution >= 4 is 28.2 Å². The number of hydrogen-bond donors (Lipinski definition) is 1. The molecule has 108 valence electrons. The van der Waals surface area contributed by atoms with E-state index in [2.05, 4.69) is 0 Å². The van der Waals surface area contributed by atoms with Crippen molar-refractivity contribution < 1.29 is 19.6 Å². The van der Waals surface area contributed by atoms with Gasteiger partial charge in [0, 0.05) is 19.2 Å². The largest absolute Gasteiger partial charge is 0.481 e. The van der Waals surface area contributed by atoms with Crippen LogP contribution < -0.4 is 0 Å². The van der Waals surface area contributed by atoms with Gasteiger partial charge in [0.05, 0.1) is 15.2 Å². The molecule has 0 bridgehead atoms. The highest BCUT2D eigenvalue weighted by Crippen LogP contribution is 2.36. The molecule has 1 aliphatic heterocycles. The molecule has 1 amide bonds. The lowest BCUT2D eigenvalue weighted by atomic mass is 9.84. The molecule has 2 rings (SSSR count). The minimum absolute atomic E-state index is 0.0902. The van der Waals surface area contributed by atoms with Gasteiger partial charge in [0.2, 0.25) is 0 Å². The zero-order valence-corrected chi connectivity index (χ0v) is 11.7. The smallest absolute Gasteiger partial charge is 0.324 e. The van der Waals surface area contributed by atoms with Gasteiger partial charge in [-0.1, -0.05) is 18.3 Å². The molecule has 1 atom stereocenters. The molecule has 1 aliphatic rings. The first-order valence-corrected chi connectivity index (χ1v) is 6.98. The summed E-state index contributed by atoms with van der Waals surface area (Å²) in [6, 6.07) is 2.70. The second-order valence-electron chi connectivity index (χ2n) is 4.81. The van der Waals surface area contributed by atoms with Crippen LogP contribution in [-0.4, -0.2) is 39.9 Å². The average Bonchev–Trinajstić information content (AvgIpc) is 3.05. The Kier molecular flexibility index (Phi) is 3.76. The molecular weight excluding hydrogens is 284 g/mol. The van der Waals surface area contributed by atoms with Crippen LogP contribution in [-0.2, 0) is 4.79 Å². The van der Waals surface area contributed by atoms with Crippen molar-refractivity contribution in [2.45, 2.75) is 19.8 Å². The Hall–Kier alpha value is -1.96. The van der Waals surface area contributed by atoms with Gasteiger partial charge in [0.15, 0.2) is 0 Å². The maximum atomic E-state index is 12.2. The Morgan fingerprint density at radius 1 is 1.55 bits per heavy atom. The second kappa shape index (κ2) is 5.20. The third-order valence-corrected chi connectivity index (χ3v) is 4.78. The standard InChI is InChI=1S/C12H14N2O5S/c1-2-12(11(16)17)5-6-13(7-12)10(15)8-3-4-9(20-8)14(18)19/h3-4H,2,5-7H2,1H3,(H,16,17). The fraction of sp³-hybridized carbons (Fsp3) is 0.500. The molecule has 1 fully saturated rings. The number of aliphatic carboxylic acids is 1. The van der Waals surface area contributed by atoms with Gasteiger partial charge in [-0.25, -0.2) is 0 Å². The van der Waals surface area contributed by atoms with Crippen molar-refractivity contribution in [2.75, 3.05) is 13.1 Å². The summed E-state index contributed by atoms with van der Waals surface area (Å²) in [5, 5.41) is 19.8. The number of carboxylic acid groups (broad SMARTS) is 1. The number of hydrogen-bond acceptors (Lipinski definition) is 5. The molecule has 1 saturated heterocycles. The van der Waals surface area contributed by atoms with E-state index in [1.807, 2.05) is 0 Å². The van der Waals surface area contributed by atoms with E-state index in [9.17, 15) is 24.8 Å². The molecule has 0 radical (unpaired) electrons. The molecule has 1 aromatic heterocycles. The first kappa shape index (κ1) is 14.4. The van der Waals surface area contributed by atoms with Gasteiger partial charge in [-0.3, -0.25) is 19.7 Å². The summed E-state index contributed by atoms with van der Waals surface area (Å²) in [5.74, 6) is -1.23. The monoisotopic (exact) mass is 298 g/mol. The summed E-state index contributed by atoms with van der Waals surface area (Å²) in [4.78, 5) is 35.4. The van der Waals surface area contributed by atoms with Gasteiger partial charge >= 0.3 is 11.0 Å². The number of rotatable bonds is 4. The van der Waals surface area contributed by atoms with Crippen LogP contribution in [0.1, 0.15) is 29.4 Å². The summed E-state index contributed by atoms with van der Waals surface area (Å²) in [7, 11) is 0. The predicted molar refractivity (Wildman–Crippen MR) is 71.9 cm³/mol. The Morgan fingerprint density at radius 3 is 2.70 bits per heavy atom. The van der Waals surface area contributed by atoms with Gasteiger partial charge in [-0.2, -0.15) is 0 Å². The molecule has 8 heteroatoms.